The molecule has 4 heterocycles. The Hall–Kier alpha value is -3.35. The minimum atomic E-state index is -0.441. The zero-order chi connectivity index (χ0) is 32.2. The maximum Gasteiger partial charge on any atom is 0.200 e. The summed E-state index contributed by atoms with van der Waals surface area (Å²) < 4.78 is 15.8. The van der Waals surface area contributed by atoms with E-state index in [-0.39, 0.29) is 0 Å². The summed E-state index contributed by atoms with van der Waals surface area (Å²) in [6, 6.07) is 9.10. The fraction of sp³-hybridized carbons (Fsp3) is 0.556. The third-order valence-electron chi connectivity index (χ3n) is 7.48. The largest absolute Gasteiger partial charge is 0.336 e. The van der Waals surface area contributed by atoms with E-state index in [9.17, 15) is 4.39 Å². The summed E-state index contributed by atoms with van der Waals surface area (Å²) >= 11 is 0. The van der Waals surface area contributed by atoms with Crippen molar-refractivity contribution in [3.63, 3.8) is 0 Å². The third kappa shape index (κ3) is 12.4. The summed E-state index contributed by atoms with van der Waals surface area (Å²) in [4.78, 5) is 12.7. The van der Waals surface area contributed by atoms with Crippen molar-refractivity contribution in [1.82, 2.24) is 24.6 Å². The van der Waals surface area contributed by atoms with Crippen LogP contribution >= 0.6 is 0 Å². The number of pyridine rings is 2. The van der Waals surface area contributed by atoms with Crippen LogP contribution in [0.25, 0.3) is 17.0 Å². The number of nitrogens with one attached hydrogen (secondary N) is 1. The Morgan fingerprint density at radius 2 is 1.56 bits per heavy atom. The first kappa shape index (κ1) is 37.7. The standard InChI is InChI=1S/C18H15FN6.C11H24.C5H12.C2H6/c1-2-12-7-10-25-16(12)18(22-14-6-9-20-11-13(14)19)23-17(24-25)15-5-3-4-8-21-15;1-5-8-11(9-6-2)10(4)7-3;1-4-5(2)3;1-2/h3-11H,2H2,1H3,(H,20,22,23,24);10-11H,5-9H2,1-4H3;5H,4H2,1-3H3;1-2H3. The molecule has 4 aromatic heterocycles. The molecule has 4 aromatic rings. The summed E-state index contributed by atoms with van der Waals surface area (Å²) in [5, 5.41) is 7.61. The number of hydrogen-bond donors (Lipinski definition) is 1. The van der Waals surface area contributed by atoms with Gasteiger partial charge < -0.3 is 5.32 Å². The van der Waals surface area contributed by atoms with Crippen molar-refractivity contribution in [2.24, 2.45) is 17.8 Å². The lowest BCUT2D eigenvalue weighted by Crippen LogP contribution is -2.10. The molecular weight excluding hydrogens is 535 g/mol. The van der Waals surface area contributed by atoms with Gasteiger partial charge in [0.2, 0.25) is 5.82 Å². The van der Waals surface area contributed by atoms with Crippen LogP contribution in [-0.4, -0.2) is 24.6 Å². The molecule has 0 saturated carbocycles. The SMILES string of the molecule is CC.CCC(C)C.CCCC(CCC)C(C)CC.CCc1ccn2nc(-c3ccccn3)nc(Nc3ccncc3F)c12. The number of fused-ring (bicyclic) bond motifs is 1. The predicted molar refractivity (Wildman–Crippen MR) is 182 cm³/mol. The fourth-order valence-electron chi connectivity index (χ4n) is 4.46. The number of rotatable bonds is 11. The van der Waals surface area contributed by atoms with E-state index in [2.05, 4.69) is 80.8 Å². The van der Waals surface area contributed by atoms with E-state index in [1.54, 1.807) is 16.8 Å². The van der Waals surface area contributed by atoms with Crippen LogP contribution in [0.15, 0.2) is 55.1 Å². The normalized spacial score (nSPS) is 11.2. The van der Waals surface area contributed by atoms with Crippen LogP contribution in [0, 0.1) is 23.6 Å². The van der Waals surface area contributed by atoms with Crippen LogP contribution in [-0.2, 0) is 6.42 Å². The maximum absolute atomic E-state index is 14.0. The van der Waals surface area contributed by atoms with Crippen molar-refractivity contribution in [2.45, 2.75) is 114 Å². The Morgan fingerprint density at radius 1 is 0.884 bits per heavy atom. The van der Waals surface area contributed by atoms with Crippen molar-refractivity contribution >= 4 is 17.0 Å². The van der Waals surface area contributed by atoms with E-state index in [4.69, 9.17) is 0 Å². The second-order valence-corrected chi connectivity index (χ2v) is 11.0. The lowest BCUT2D eigenvalue weighted by Gasteiger charge is -2.21. The summed E-state index contributed by atoms with van der Waals surface area (Å²) in [6.07, 6.45) is 15.3. The van der Waals surface area contributed by atoms with Gasteiger partial charge in [0.15, 0.2) is 11.6 Å². The quantitative estimate of drug-likeness (QED) is 0.188. The van der Waals surface area contributed by atoms with Crippen LogP contribution in [0.2, 0.25) is 0 Å². The van der Waals surface area contributed by atoms with Crippen molar-refractivity contribution < 1.29 is 4.39 Å². The van der Waals surface area contributed by atoms with Crippen LogP contribution < -0.4 is 5.32 Å². The lowest BCUT2D eigenvalue weighted by molar-refractivity contribution is 0.302. The number of aromatic nitrogens is 5. The number of nitrogens with zero attached hydrogens (tertiary/aromatic N) is 5. The van der Waals surface area contributed by atoms with Crippen LogP contribution in [0.5, 0.6) is 0 Å². The number of aryl methyl sites for hydroxylation is 1. The highest BCUT2D eigenvalue weighted by molar-refractivity contribution is 5.78. The van der Waals surface area contributed by atoms with Gasteiger partial charge in [0.05, 0.1) is 11.9 Å². The minimum absolute atomic E-state index is 0.311. The molecule has 6 nitrogen and oxygen atoms in total. The van der Waals surface area contributed by atoms with E-state index >= 15 is 0 Å². The highest BCUT2D eigenvalue weighted by Gasteiger charge is 2.15. The van der Waals surface area contributed by atoms with Crippen molar-refractivity contribution in [2.75, 3.05) is 5.32 Å². The monoisotopic (exact) mass is 592 g/mol. The van der Waals surface area contributed by atoms with E-state index < -0.39 is 5.82 Å². The smallest absolute Gasteiger partial charge is 0.200 e. The highest BCUT2D eigenvalue weighted by atomic mass is 19.1. The van der Waals surface area contributed by atoms with E-state index in [1.807, 2.05) is 44.3 Å². The first-order valence-electron chi connectivity index (χ1n) is 16.4. The summed E-state index contributed by atoms with van der Waals surface area (Å²) in [6.45, 7) is 22.0. The van der Waals surface area contributed by atoms with Gasteiger partial charge in [-0.15, -0.1) is 5.10 Å². The summed E-state index contributed by atoms with van der Waals surface area (Å²) in [5.74, 6) is 3.37. The molecule has 0 bridgehead atoms. The molecular formula is C36H57FN6. The topological polar surface area (TPSA) is 68.0 Å². The molecule has 1 atom stereocenters. The molecule has 0 aliphatic rings. The minimum Gasteiger partial charge on any atom is -0.336 e. The molecule has 0 aromatic carbocycles. The molecule has 7 heteroatoms. The van der Waals surface area contributed by atoms with Crippen molar-refractivity contribution in [3.8, 4) is 11.5 Å². The fourth-order valence-corrected chi connectivity index (χ4v) is 4.46. The van der Waals surface area contributed by atoms with Crippen LogP contribution in [0.1, 0.15) is 113 Å². The molecule has 0 fully saturated rings. The summed E-state index contributed by atoms with van der Waals surface area (Å²) in [7, 11) is 0. The van der Waals surface area contributed by atoms with Gasteiger partial charge in [-0.05, 0) is 54.0 Å². The molecule has 0 radical (unpaired) electrons. The van der Waals surface area contributed by atoms with Gasteiger partial charge >= 0.3 is 0 Å². The maximum atomic E-state index is 14.0. The van der Waals surface area contributed by atoms with Gasteiger partial charge in [-0.1, -0.05) is 114 Å². The Labute approximate surface area is 261 Å². The van der Waals surface area contributed by atoms with E-state index in [0.29, 0.717) is 23.0 Å². The third-order valence-corrected chi connectivity index (χ3v) is 7.48. The number of halogens is 1. The van der Waals surface area contributed by atoms with Crippen molar-refractivity contribution in [1.29, 1.82) is 0 Å². The zero-order valence-electron chi connectivity index (χ0n) is 28.5. The Kier molecular flexibility index (Phi) is 18.7. The first-order chi connectivity index (χ1) is 20.8. The average Bonchev–Trinajstić information content (AvgIpc) is 3.47. The van der Waals surface area contributed by atoms with Gasteiger partial charge in [0.25, 0.3) is 0 Å². The lowest BCUT2D eigenvalue weighted by atomic mass is 9.85. The molecule has 0 amide bonds. The molecule has 4 rings (SSSR count). The van der Waals surface area contributed by atoms with Gasteiger partial charge in [-0.2, -0.15) is 0 Å². The van der Waals surface area contributed by atoms with Crippen LogP contribution in [0.4, 0.5) is 15.9 Å². The first-order valence-corrected chi connectivity index (χ1v) is 16.4. The van der Waals surface area contributed by atoms with Crippen molar-refractivity contribution in [3.05, 3.63) is 66.5 Å². The molecule has 238 valence electrons. The molecule has 0 aliphatic carbocycles. The zero-order valence-corrected chi connectivity index (χ0v) is 28.5. The summed E-state index contributed by atoms with van der Waals surface area (Å²) in [5.41, 5.74) is 2.85. The Balaban J connectivity index is 0.000000430. The van der Waals surface area contributed by atoms with Gasteiger partial charge in [-0.25, -0.2) is 13.9 Å². The second-order valence-electron chi connectivity index (χ2n) is 11.0. The van der Waals surface area contributed by atoms with Gasteiger partial charge in [0, 0.05) is 18.6 Å². The second kappa shape index (κ2) is 21.4. The Morgan fingerprint density at radius 3 is 2.07 bits per heavy atom. The van der Waals surface area contributed by atoms with Gasteiger partial charge in [-0.3, -0.25) is 9.97 Å². The molecule has 43 heavy (non-hydrogen) atoms. The highest BCUT2D eigenvalue weighted by Crippen LogP contribution is 2.27. The average molecular weight is 593 g/mol. The number of hydrogen-bond acceptors (Lipinski definition) is 5. The molecule has 0 aliphatic heterocycles. The van der Waals surface area contributed by atoms with E-state index in [1.165, 1.54) is 50.9 Å². The van der Waals surface area contributed by atoms with Gasteiger partial charge in [0.1, 0.15) is 11.2 Å². The molecule has 1 N–H and O–H groups in total. The Bertz CT molecular complexity index is 1270. The molecule has 1 unspecified atom stereocenters. The molecule has 0 spiro atoms. The predicted octanol–water partition coefficient (Wildman–Crippen LogP) is 11.0. The van der Waals surface area contributed by atoms with E-state index in [0.717, 1.165) is 35.3 Å². The molecule has 0 saturated heterocycles. The van der Waals surface area contributed by atoms with Crippen LogP contribution in [0.3, 0.4) is 0 Å². The number of anilines is 2.